The normalized spacial score (nSPS) is 21.7. The van der Waals surface area contributed by atoms with Crippen molar-refractivity contribution >= 4 is 28.5 Å². The Bertz CT molecular complexity index is 1020. The molecule has 0 radical (unpaired) electrons. The van der Waals surface area contributed by atoms with Gasteiger partial charge in [-0.05, 0) is 35.8 Å². The Balaban J connectivity index is 1.71. The van der Waals surface area contributed by atoms with E-state index < -0.39 is 0 Å². The van der Waals surface area contributed by atoms with Gasteiger partial charge >= 0.3 is 5.97 Å². The van der Waals surface area contributed by atoms with Crippen molar-refractivity contribution in [2.75, 3.05) is 13.2 Å². The predicted octanol–water partition coefficient (Wildman–Crippen LogP) is 2.92. The minimum Gasteiger partial charge on any atom is -0.461 e. The van der Waals surface area contributed by atoms with Gasteiger partial charge in [0.1, 0.15) is 12.3 Å². The summed E-state index contributed by atoms with van der Waals surface area (Å²) < 4.78 is 5.30. The SMILES string of the molecule is CC[C@H]1C(=O)OCC2=C1C=C1c3nc4ccccc4cc3C(=O)N1C2. The lowest BCUT2D eigenvalue weighted by Crippen LogP contribution is -2.36. The molecule has 25 heavy (non-hydrogen) atoms. The number of hydrogen-bond donors (Lipinski definition) is 0. The molecule has 0 saturated carbocycles. The Kier molecular flexibility index (Phi) is 2.89. The highest BCUT2D eigenvalue weighted by Crippen LogP contribution is 2.41. The molecule has 0 bridgehead atoms. The first-order valence-electron chi connectivity index (χ1n) is 8.49. The summed E-state index contributed by atoms with van der Waals surface area (Å²) in [5, 5.41) is 0.956. The van der Waals surface area contributed by atoms with Crippen LogP contribution in [0.1, 0.15) is 29.4 Å². The summed E-state index contributed by atoms with van der Waals surface area (Å²) in [6.45, 7) is 2.71. The molecule has 0 saturated heterocycles. The Morgan fingerprint density at radius 2 is 2.12 bits per heavy atom. The molecule has 4 heterocycles. The summed E-state index contributed by atoms with van der Waals surface area (Å²) in [4.78, 5) is 31.4. The lowest BCUT2D eigenvalue weighted by molar-refractivity contribution is -0.147. The number of hydrogen-bond acceptors (Lipinski definition) is 4. The molecule has 3 aliphatic rings. The largest absolute Gasteiger partial charge is 0.461 e. The number of amides is 1. The summed E-state index contributed by atoms with van der Waals surface area (Å²) >= 11 is 0. The van der Waals surface area contributed by atoms with Gasteiger partial charge in [-0.3, -0.25) is 9.59 Å². The molecule has 124 valence electrons. The molecule has 1 aromatic carbocycles. The minimum absolute atomic E-state index is 0.0315. The zero-order valence-corrected chi connectivity index (χ0v) is 13.8. The number of aromatic nitrogens is 1. The van der Waals surface area contributed by atoms with Crippen molar-refractivity contribution in [3.05, 3.63) is 58.8 Å². The average molecular weight is 332 g/mol. The van der Waals surface area contributed by atoms with Gasteiger partial charge in [0.2, 0.25) is 0 Å². The molecule has 1 aromatic heterocycles. The van der Waals surface area contributed by atoms with E-state index >= 15 is 0 Å². The molecule has 1 atom stereocenters. The monoisotopic (exact) mass is 332 g/mol. The molecular weight excluding hydrogens is 316 g/mol. The summed E-state index contributed by atoms with van der Waals surface area (Å²) in [6.07, 6.45) is 2.66. The zero-order valence-electron chi connectivity index (χ0n) is 13.8. The maximum absolute atomic E-state index is 12.9. The molecule has 0 unspecified atom stereocenters. The van der Waals surface area contributed by atoms with Crippen LogP contribution in [0, 0.1) is 5.92 Å². The molecular formula is C20H16N2O3. The number of benzene rings is 1. The van der Waals surface area contributed by atoms with Crippen LogP contribution in [0.5, 0.6) is 0 Å². The lowest BCUT2D eigenvalue weighted by Gasteiger charge is -2.32. The number of cyclic esters (lactones) is 1. The lowest BCUT2D eigenvalue weighted by atomic mass is 9.87. The molecule has 0 aliphatic carbocycles. The zero-order chi connectivity index (χ0) is 17.1. The van der Waals surface area contributed by atoms with E-state index in [0.29, 0.717) is 24.2 Å². The number of pyridine rings is 1. The van der Waals surface area contributed by atoms with E-state index in [-0.39, 0.29) is 24.4 Å². The summed E-state index contributed by atoms with van der Waals surface area (Å²) in [5.74, 6) is -0.462. The summed E-state index contributed by atoms with van der Waals surface area (Å²) in [7, 11) is 0. The van der Waals surface area contributed by atoms with Crippen molar-refractivity contribution in [3.8, 4) is 0 Å². The van der Waals surface area contributed by atoms with Crippen molar-refractivity contribution in [3.63, 3.8) is 0 Å². The smallest absolute Gasteiger partial charge is 0.313 e. The Morgan fingerprint density at radius 1 is 1.28 bits per heavy atom. The van der Waals surface area contributed by atoms with Crippen LogP contribution in [0.2, 0.25) is 0 Å². The number of carbonyl (C=O) groups is 2. The molecule has 0 spiro atoms. The van der Waals surface area contributed by atoms with Gasteiger partial charge in [-0.15, -0.1) is 0 Å². The standard InChI is InChI=1S/C20H16N2O3/c1-2-13-14-8-17-18-15(7-11-5-3-4-6-16(11)21-18)19(23)22(17)9-12(14)10-25-20(13)24/h3-8,13H,2,9-10H2,1H3/t13-/m1/s1. The van der Waals surface area contributed by atoms with E-state index in [1.165, 1.54) is 0 Å². The second-order valence-electron chi connectivity index (χ2n) is 6.63. The molecule has 3 aliphatic heterocycles. The highest BCUT2D eigenvalue weighted by molar-refractivity contribution is 6.11. The minimum atomic E-state index is -0.252. The van der Waals surface area contributed by atoms with Crippen LogP contribution in [-0.4, -0.2) is 34.9 Å². The molecule has 5 nitrogen and oxygen atoms in total. The number of rotatable bonds is 1. The highest BCUT2D eigenvalue weighted by Gasteiger charge is 2.40. The quantitative estimate of drug-likeness (QED) is 0.754. The van der Waals surface area contributed by atoms with Crippen LogP contribution in [0.4, 0.5) is 0 Å². The van der Waals surface area contributed by atoms with E-state index in [2.05, 4.69) is 0 Å². The van der Waals surface area contributed by atoms with Gasteiger partial charge in [-0.25, -0.2) is 4.98 Å². The van der Waals surface area contributed by atoms with E-state index in [9.17, 15) is 9.59 Å². The van der Waals surface area contributed by atoms with E-state index in [1.807, 2.05) is 43.3 Å². The van der Waals surface area contributed by atoms with Gasteiger partial charge < -0.3 is 9.64 Å². The number of nitrogens with zero attached hydrogens (tertiary/aromatic N) is 2. The Hall–Kier alpha value is -2.95. The molecule has 5 heteroatoms. The van der Waals surface area contributed by atoms with Crippen LogP contribution < -0.4 is 0 Å². The molecule has 5 rings (SSSR count). The fraction of sp³-hybridized carbons (Fsp3) is 0.250. The molecule has 2 aromatic rings. The number of esters is 1. The third-order valence-electron chi connectivity index (χ3n) is 5.24. The van der Waals surface area contributed by atoms with Crippen LogP contribution >= 0.6 is 0 Å². The number of ether oxygens (including phenoxy) is 1. The average Bonchev–Trinajstić information content (AvgIpc) is 2.90. The van der Waals surface area contributed by atoms with Gasteiger partial charge in [0, 0.05) is 5.39 Å². The molecule has 0 N–H and O–H groups in total. The first-order valence-corrected chi connectivity index (χ1v) is 8.49. The van der Waals surface area contributed by atoms with Crippen LogP contribution in [0.25, 0.3) is 16.6 Å². The Morgan fingerprint density at radius 3 is 2.96 bits per heavy atom. The van der Waals surface area contributed by atoms with Gasteiger partial charge in [-0.2, -0.15) is 0 Å². The number of allylic oxidation sites excluding steroid dienone is 1. The van der Waals surface area contributed by atoms with Crippen LogP contribution in [0.15, 0.2) is 47.6 Å². The summed E-state index contributed by atoms with van der Waals surface area (Å²) in [5.41, 5.74) is 5.03. The van der Waals surface area contributed by atoms with Gasteiger partial charge in [-0.1, -0.05) is 25.1 Å². The van der Waals surface area contributed by atoms with E-state index in [0.717, 1.165) is 27.7 Å². The Labute approximate surface area is 144 Å². The second-order valence-corrected chi connectivity index (χ2v) is 6.63. The number of para-hydroxylation sites is 1. The van der Waals surface area contributed by atoms with Crippen molar-refractivity contribution in [1.82, 2.24) is 9.88 Å². The van der Waals surface area contributed by atoms with E-state index in [1.54, 1.807) is 4.90 Å². The van der Waals surface area contributed by atoms with Gasteiger partial charge in [0.05, 0.1) is 29.2 Å². The van der Waals surface area contributed by atoms with Crippen molar-refractivity contribution < 1.29 is 14.3 Å². The number of fused-ring (bicyclic) bond motifs is 4. The van der Waals surface area contributed by atoms with Crippen LogP contribution in [0.3, 0.4) is 0 Å². The maximum Gasteiger partial charge on any atom is 0.313 e. The maximum atomic E-state index is 12.9. The van der Waals surface area contributed by atoms with Crippen molar-refractivity contribution in [2.24, 2.45) is 5.92 Å². The van der Waals surface area contributed by atoms with Crippen molar-refractivity contribution in [2.45, 2.75) is 13.3 Å². The molecule has 1 amide bonds. The topological polar surface area (TPSA) is 59.5 Å². The van der Waals surface area contributed by atoms with Gasteiger partial charge in [0.15, 0.2) is 0 Å². The van der Waals surface area contributed by atoms with E-state index in [4.69, 9.17) is 9.72 Å². The van der Waals surface area contributed by atoms with Gasteiger partial charge in [0.25, 0.3) is 5.91 Å². The van der Waals surface area contributed by atoms with Crippen molar-refractivity contribution in [1.29, 1.82) is 0 Å². The first kappa shape index (κ1) is 14.4. The molecule has 0 fully saturated rings. The third kappa shape index (κ3) is 1.92. The predicted molar refractivity (Wildman–Crippen MR) is 92.5 cm³/mol. The van der Waals surface area contributed by atoms with Crippen LogP contribution in [-0.2, 0) is 9.53 Å². The number of carbonyl (C=O) groups excluding carboxylic acids is 2. The fourth-order valence-electron chi connectivity index (χ4n) is 3.94. The first-order chi connectivity index (χ1) is 12.2. The highest BCUT2D eigenvalue weighted by atomic mass is 16.5. The summed E-state index contributed by atoms with van der Waals surface area (Å²) in [6, 6.07) is 9.71. The second kappa shape index (κ2) is 5.02. The third-order valence-corrected chi connectivity index (χ3v) is 5.24. The fourth-order valence-corrected chi connectivity index (χ4v) is 3.94.